The van der Waals surface area contributed by atoms with Crippen LogP contribution in [-0.4, -0.2) is 34.6 Å². The normalized spacial score (nSPS) is 11.0. The van der Waals surface area contributed by atoms with Crippen LogP contribution in [0, 0.1) is 0 Å². The molecular weight excluding hydrogens is 452 g/mol. The van der Waals surface area contributed by atoms with E-state index in [2.05, 4.69) is 5.32 Å². The van der Waals surface area contributed by atoms with E-state index in [1.54, 1.807) is 48.5 Å². The summed E-state index contributed by atoms with van der Waals surface area (Å²) in [5.74, 6) is 0.658. The van der Waals surface area contributed by atoms with Crippen LogP contribution in [0.15, 0.2) is 77.7 Å². The fourth-order valence-electron chi connectivity index (χ4n) is 2.96. The molecule has 3 aromatic rings. The minimum atomic E-state index is -4.05. The van der Waals surface area contributed by atoms with Gasteiger partial charge in [-0.1, -0.05) is 17.7 Å². The monoisotopic (exact) mass is 474 g/mol. The number of nitrogens with one attached hydrogen (secondary N) is 1. The van der Waals surface area contributed by atoms with Crippen molar-refractivity contribution >= 4 is 38.9 Å². The zero-order chi connectivity index (χ0) is 23.1. The Kier molecular flexibility index (Phi) is 7.61. The van der Waals surface area contributed by atoms with E-state index in [1.165, 1.54) is 31.4 Å². The Labute approximate surface area is 192 Å². The number of halogens is 1. The minimum absolute atomic E-state index is 0.0185. The SMILES string of the molecule is CCOc1ccc(N(CC(=O)Nc2cccc(OC)c2)S(=O)(=O)c2ccc(Cl)cc2)cc1. The molecule has 1 N–H and O–H groups in total. The molecule has 0 aliphatic rings. The Morgan fingerprint density at radius 3 is 2.31 bits per heavy atom. The molecular formula is C23H23ClN2O5S. The van der Waals surface area contributed by atoms with E-state index >= 15 is 0 Å². The van der Waals surface area contributed by atoms with Gasteiger partial charge >= 0.3 is 0 Å². The van der Waals surface area contributed by atoms with Crippen LogP contribution in [0.5, 0.6) is 11.5 Å². The number of hydrogen-bond acceptors (Lipinski definition) is 5. The van der Waals surface area contributed by atoms with Crippen LogP contribution in [0.3, 0.4) is 0 Å². The summed E-state index contributed by atoms with van der Waals surface area (Å²) in [5.41, 5.74) is 0.814. The molecule has 9 heteroatoms. The molecule has 0 spiro atoms. The second-order valence-corrected chi connectivity index (χ2v) is 8.97. The average Bonchev–Trinajstić information content (AvgIpc) is 2.79. The lowest BCUT2D eigenvalue weighted by molar-refractivity contribution is -0.114. The zero-order valence-corrected chi connectivity index (χ0v) is 19.2. The first-order valence-corrected chi connectivity index (χ1v) is 11.6. The fraction of sp³-hybridized carbons (Fsp3) is 0.174. The summed E-state index contributed by atoms with van der Waals surface area (Å²) >= 11 is 5.91. The molecule has 32 heavy (non-hydrogen) atoms. The minimum Gasteiger partial charge on any atom is -0.497 e. The number of hydrogen-bond donors (Lipinski definition) is 1. The second-order valence-electron chi connectivity index (χ2n) is 6.67. The predicted octanol–water partition coefficient (Wildman–Crippen LogP) is 4.58. The Bertz CT molecular complexity index is 1170. The van der Waals surface area contributed by atoms with E-state index in [0.29, 0.717) is 34.5 Å². The Hall–Kier alpha value is -3.23. The van der Waals surface area contributed by atoms with Crippen LogP contribution in [-0.2, 0) is 14.8 Å². The number of amides is 1. The fourth-order valence-corrected chi connectivity index (χ4v) is 4.50. The van der Waals surface area contributed by atoms with Crippen molar-refractivity contribution in [2.24, 2.45) is 0 Å². The highest BCUT2D eigenvalue weighted by molar-refractivity contribution is 7.92. The number of carbonyl (C=O) groups excluding carboxylic acids is 1. The van der Waals surface area contributed by atoms with Gasteiger partial charge < -0.3 is 14.8 Å². The summed E-state index contributed by atoms with van der Waals surface area (Å²) in [6, 6.07) is 19.1. The third-order valence-corrected chi connectivity index (χ3v) is 6.52. The molecule has 0 aliphatic carbocycles. The maximum Gasteiger partial charge on any atom is 0.264 e. The van der Waals surface area contributed by atoms with Gasteiger partial charge in [-0.15, -0.1) is 0 Å². The molecule has 3 aromatic carbocycles. The molecule has 1 amide bonds. The van der Waals surface area contributed by atoms with Gasteiger partial charge in [0.25, 0.3) is 10.0 Å². The maximum absolute atomic E-state index is 13.4. The molecule has 0 unspecified atom stereocenters. The van der Waals surface area contributed by atoms with Gasteiger partial charge in [-0.3, -0.25) is 9.10 Å². The van der Waals surface area contributed by atoms with Gasteiger partial charge in [-0.25, -0.2) is 8.42 Å². The molecule has 3 rings (SSSR count). The molecule has 0 aromatic heterocycles. The summed E-state index contributed by atoms with van der Waals surface area (Å²) < 4.78 is 38.4. The maximum atomic E-state index is 13.4. The highest BCUT2D eigenvalue weighted by Gasteiger charge is 2.27. The summed E-state index contributed by atoms with van der Waals surface area (Å²) in [4.78, 5) is 12.8. The molecule has 168 valence electrons. The first-order valence-electron chi connectivity index (χ1n) is 9.78. The van der Waals surface area contributed by atoms with E-state index < -0.39 is 22.5 Å². The number of sulfonamides is 1. The molecule has 0 radical (unpaired) electrons. The van der Waals surface area contributed by atoms with Crippen LogP contribution in [0.2, 0.25) is 5.02 Å². The van der Waals surface area contributed by atoms with Gasteiger partial charge in [-0.05, 0) is 67.6 Å². The Morgan fingerprint density at radius 1 is 1.00 bits per heavy atom. The van der Waals surface area contributed by atoms with Crippen molar-refractivity contribution in [1.82, 2.24) is 0 Å². The average molecular weight is 475 g/mol. The number of methoxy groups -OCH3 is 1. The van der Waals surface area contributed by atoms with Crippen molar-refractivity contribution in [3.8, 4) is 11.5 Å². The van der Waals surface area contributed by atoms with E-state index in [0.717, 1.165) is 4.31 Å². The first kappa shape index (κ1) is 23.4. The van der Waals surface area contributed by atoms with Crippen molar-refractivity contribution in [2.75, 3.05) is 29.9 Å². The standard InChI is InChI=1S/C23H23ClN2O5S/c1-3-31-20-11-9-19(10-12-20)26(32(28,29)22-13-7-17(24)8-14-22)16-23(27)25-18-5-4-6-21(15-18)30-2/h4-15H,3,16H2,1-2H3,(H,25,27). The van der Waals surface area contributed by atoms with E-state index in [-0.39, 0.29) is 4.90 Å². The highest BCUT2D eigenvalue weighted by atomic mass is 35.5. The van der Waals surface area contributed by atoms with E-state index in [4.69, 9.17) is 21.1 Å². The summed E-state index contributed by atoms with van der Waals surface area (Å²) in [6.45, 7) is 1.90. The lowest BCUT2D eigenvalue weighted by Gasteiger charge is -2.24. The van der Waals surface area contributed by atoms with Gasteiger partial charge in [0.2, 0.25) is 5.91 Å². The number of rotatable bonds is 9. The van der Waals surface area contributed by atoms with Crippen molar-refractivity contribution in [3.63, 3.8) is 0 Å². The number of nitrogens with zero attached hydrogens (tertiary/aromatic N) is 1. The molecule has 0 saturated heterocycles. The lowest BCUT2D eigenvalue weighted by Crippen LogP contribution is -2.38. The van der Waals surface area contributed by atoms with Gasteiger partial charge in [0, 0.05) is 16.8 Å². The number of anilines is 2. The van der Waals surface area contributed by atoms with Crippen molar-refractivity contribution in [3.05, 3.63) is 77.8 Å². The Balaban J connectivity index is 1.92. The summed E-state index contributed by atoms with van der Waals surface area (Å²) in [5, 5.41) is 3.12. The van der Waals surface area contributed by atoms with Gasteiger partial charge in [0.1, 0.15) is 18.0 Å². The molecule has 0 saturated carbocycles. The van der Waals surface area contributed by atoms with Gasteiger partial charge in [0.05, 0.1) is 24.3 Å². The lowest BCUT2D eigenvalue weighted by atomic mass is 10.3. The van der Waals surface area contributed by atoms with Crippen molar-refractivity contribution in [2.45, 2.75) is 11.8 Å². The smallest absolute Gasteiger partial charge is 0.264 e. The zero-order valence-electron chi connectivity index (χ0n) is 17.6. The molecule has 7 nitrogen and oxygen atoms in total. The van der Waals surface area contributed by atoms with Crippen LogP contribution in [0.1, 0.15) is 6.92 Å². The van der Waals surface area contributed by atoms with Crippen molar-refractivity contribution in [1.29, 1.82) is 0 Å². The molecule has 0 heterocycles. The summed E-state index contributed by atoms with van der Waals surface area (Å²) in [7, 11) is -2.53. The van der Waals surface area contributed by atoms with E-state index in [1.807, 2.05) is 6.92 Å². The third-order valence-electron chi connectivity index (χ3n) is 4.48. The molecule has 0 bridgehead atoms. The largest absolute Gasteiger partial charge is 0.497 e. The number of benzene rings is 3. The Morgan fingerprint density at radius 2 is 1.69 bits per heavy atom. The van der Waals surface area contributed by atoms with Crippen LogP contribution < -0.4 is 19.1 Å². The molecule has 0 aliphatic heterocycles. The first-order chi connectivity index (χ1) is 15.3. The van der Waals surface area contributed by atoms with Crippen LogP contribution in [0.25, 0.3) is 0 Å². The van der Waals surface area contributed by atoms with Gasteiger partial charge in [0.15, 0.2) is 0 Å². The van der Waals surface area contributed by atoms with E-state index in [9.17, 15) is 13.2 Å². The molecule has 0 fully saturated rings. The summed E-state index contributed by atoms with van der Waals surface area (Å²) in [6.07, 6.45) is 0. The third kappa shape index (κ3) is 5.72. The van der Waals surface area contributed by atoms with Crippen molar-refractivity contribution < 1.29 is 22.7 Å². The highest BCUT2D eigenvalue weighted by Crippen LogP contribution is 2.27. The quantitative estimate of drug-likeness (QED) is 0.490. The van der Waals surface area contributed by atoms with Gasteiger partial charge in [-0.2, -0.15) is 0 Å². The predicted molar refractivity (Wildman–Crippen MR) is 125 cm³/mol. The topological polar surface area (TPSA) is 84.9 Å². The van der Waals surface area contributed by atoms with Crippen LogP contribution >= 0.6 is 11.6 Å². The number of ether oxygens (including phenoxy) is 2. The molecule has 0 atom stereocenters. The second kappa shape index (κ2) is 10.4. The number of carbonyl (C=O) groups is 1. The van der Waals surface area contributed by atoms with Crippen LogP contribution in [0.4, 0.5) is 11.4 Å².